The first-order valence-electron chi connectivity index (χ1n) is 9.03. The number of hydrogen-bond donors (Lipinski definition) is 1. The van der Waals surface area contributed by atoms with Gasteiger partial charge in [-0.2, -0.15) is 0 Å². The van der Waals surface area contributed by atoms with Gasteiger partial charge < -0.3 is 19.4 Å². The second kappa shape index (κ2) is 8.58. The SMILES string of the molecule is COc1ccc(C)cc1/C=C/C(=O)NC1CCN(C(=O)c2ccco2)CC1. The number of nitrogens with zero attached hydrogens (tertiary/aromatic N) is 1. The minimum absolute atomic E-state index is 0.0576. The van der Waals surface area contributed by atoms with Crippen molar-refractivity contribution in [3.8, 4) is 5.75 Å². The standard InChI is InChI=1S/C21H24N2O4/c1-15-5-7-18(26-2)16(14-15)6-8-20(24)22-17-9-11-23(12-10-17)21(25)19-4-3-13-27-19/h3-8,13-14,17H,9-12H2,1-2H3,(H,22,24)/b8-6+. The van der Waals surface area contributed by atoms with E-state index in [1.807, 2.05) is 25.1 Å². The quantitative estimate of drug-likeness (QED) is 0.824. The Hall–Kier alpha value is -3.02. The number of rotatable bonds is 5. The number of aryl methyl sites for hydroxylation is 1. The second-order valence-corrected chi connectivity index (χ2v) is 6.63. The highest BCUT2D eigenvalue weighted by Crippen LogP contribution is 2.21. The van der Waals surface area contributed by atoms with Crippen LogP contribution in [0.1, 0.15) is 34.5 Å². The number of carbonyl (C=O) groups is 2. The minimum atomic E-state index is -0.144. The highest BCUT2D eigenvalue weighted by atomic mass is 16.5. The van der Waals surface area contributed by atoms with Crippen molar-refractivity contribution in [3.63, 3.8) is 0 Å². The summed E-state index contributed by atoms with van der Waals surface area (Å²) in [5.41, 5.74) is 1.97. The first-order valence-corrected chi connectivity index (χ1v) is 9.03. The summed E-state index contributed by atoms with van der Waals surface area (Å²) in [6.07, 6.45) is 6.23. The van der Waals surface area contributed by atoms with Crippen molar-refractivity contribution >= 4 is 17.9 Å². The smallest absolute Gasteiger partial charge is 0.289 e. The van der Waals surface area contributed by atoms with E-state index in [2.05, 4.69) is 5.32 Å². The summed E-state index contributed by atoms with van der Waals surface area (Å²) in [6, 6.07) is 9.26. The van der Waals surface area contributed by atoms with Gasteiger partial charge in [0, 0.05) is 30.8 Å². The summed E-state index contributed by atoms with van der Waals surface area (Å²) in [5.74, 6) is 0.840. The Kier molecular flexibility index (Phi) is 5.96. The van der Waals surface area contributed by atoms with Crippen LogP contribution in [-0.2, 0) is 4.79 Å². The average molecular weight is 368 g/mol. The molecule has 1 aliphatic rings. The van der Waals surface area contributed by atoms with E-state index < -0.39 is 0 Å². The van der Waals surface area contributed by atoms with Crippen LogP contribution in [0.5, 0.6) is 5.75 Å². The molecule has 0 bridgehead atoms. The zero-order chi connectivity index (χ0) is 19.2. The van der Waals surface area contributed by atoms with Gasteiger partial charge in [-0.3, -0.25) is 9.59 Å². The summed E-state index contributed by atoms with van der Waals surface area (Å²) in [7, 11) is 1.61. The van der Waals surface area contributed by atoms with Crippen molar-refractivity contribution in [3.05, 3.63) is 59.6 Å². The van der Waals surface area contributed by atoms with Crippen LogP contribution >= 0.6 is 0 Å². The Balaban J connectivity index is 1.51. The lowest BCUT2D eigenvalue weighted by atomic mass is 10.0. The molecule has 2 heterocycles. The number of amides is 2. The molecule has 1 aromatic carbocycles. The Morgan fingerprint density at radius 3 is 2.70 bits per heavy atom. The van der Waals surface area contributed by atoms with Gasteiger partial charge in [0.05, 0.1) is 13.4 Å². The average Bonchev–Trinajstić information content (AvgIpc) is 3.21. The van der Waals surface area contributed by atoms with Gasteiger partial charge >= 0.3 is 0 Å². The predicted octanol–water partition coefficient (Wildman–Crippen LogP) is 3.03. The van der Waals surface area contributed by atoms with Crippen molar-refractivity contribution in [1.29, 1.82) is 0 Å². The molecule has 142 valence electrons. The molecule has 0 unspecified atom stereocenters. The molecule has 0 spiro atoms. The van der Waals surface area contributed by atoms with Gasteiger partial charge in [0.25, 0.3) is 5.91 Å². The molecular weight excluding hydrogens is 344 g/mol. The van der Waals surface area contributed by atoms with Gasteiger partial charge in [-0.15, -0.1) is 0 Å². The van der Waals surface area contributed by atoms with Gasteiger partial charge in [0.1, 0.15) is 5.75 Å². The summed E-state index contributed by atoms with van der Waals surface area (Å²) in [5, 5.41) is 3.01. The third kappa shape index (κ3) is 4.78. The maximum absolute atomic E-state index is 12.3. The third-order valence-electron chi connectivity index (χ3n) is 4.66. The van der Waals surface area contributed by atoms with Crippen molar-refractivity contribution in [2.75, 3.05) is 20.2 Å². The predicted molar refractivity (Wildman–Crippen MR) is 103 cm³/mol. The number of hydrogen-bond acceptors (Lipinski definition) is 4. The van der Waals surface area contributed by atoms with Crippen LogP contribution in [0.25, 0.3) is 6.08 Å². The number of furan rings is 1. The van der Waals surface area contributed by atoms with Gasteiger partial charge in [-0.05, 0) is 50.1 Å². The molecule has 27 heavy (non-hydrogen) atoms. The second-order valence-electron chi connectivity index (χ2n) is 6.63. The highest BCUT2D eigenvalue weighted by molar-refractivity contribution is 5.93. The molecule has 1 aliphatic heterocycles. The van der Waals surface area contributed by atoms with E-state index in [0.29, 0.717) is 18.8 Å². The Bertz CT molecular complexity index is 819. The van der Waals surface area contributed by atoms with Gasteiger partial charge in [-0.25, -0.2) is 0 Å². The molecule has 6 nitrogen and oxygen atoms in total. The molecule has 2 amide bonds. The molecule has 2 aromatic rings. The number of nitrogens with one attached hydrogen (secondary N) is 1. The summed E-state index contributed by atoms with van der Waals surface area (Å²) in [6.45, 7) is 3.19. The van der Waals surface area contributed by atoms with E-state index in [4.69, 9.17) is 9.15 Å². The van der Waals surface area contributed by atoms with E-state index in [9.17, 15) is 9.59 Å². The molecule has 0 atom stereocenters. The van der Waals surface area contributed by atoms with Crippen molar-refractivity contribution in [2.45, 2.75) is 25.8 Å². The fourth-order valence-electron chi connectivity index (χ4n) is 3.18. The van der Waals surface area contributed by atoms with Gasteiger partial charge in [-0.1, -0.05) is 11.6 Å². The first kappa shape index (κ1) is 18.8. The maximum atomic E-state index is 12.3. The molecular formula is C21H24N2O4. The number of carbonyl (C=O) groups excluding carboxylic acids is 2. The van der Waals surface area contributed by atoms with Crippen molar-refractivity contribution in [2.24, 2.45) is 0 Å². The topological polar surface area (TPSA) is 71.8 Å². The fourth-order valence-corrected chi connectivity index (χ4v) is 3.18. The minimum Gasteiger partial charge on any atom is -0.496 e. The van der Waals surface area contributed by atoms with E-state index in [0.717, 1.165) is 29.7 Å². The van der Waals surface area contributed by atoms with Crippen LogP contribution < -0.4 is 10.1 Å². The summed E-state index contributed by atoms with van der Waals surface area (Å²) >= 11 is 0. The summed E-state index contributed by atoms with van der Waals surface area (Å²) in [4.78, 5) is 26.3. The molecule has 0 aliphatic carbocycles. The lowest BCUT2D eigenvalue weighted by Gasteiger charge is -2.31. The van der Waals surface area contributed by atoms with Crippen LogP contribution in [-0.4, -0.2) is 43.0 Å². The third-order valence-corrected chi connectivity index (χ3v) is 4.66. The van der Waals surface area contributed by atoms with Crippen LogP contribution in [0.15, 0.2) is 47.1 Å². The molecule has 6 heteroatoms. The fraction of sp³-hybridized carbons (Fsp3) is 0.333. The van der Waals surface area contributed by atoms with Crippen LogP contribution in [0, 0.1) is 6.92 Å². The lowest BCUT2D eigenvalue weighted by Crippen LogP contribution is -2.46. The lowest BCUT2D eigenvalue weighted by molar-refractivity contribution is -0.117. The first-order chi connectivity index (χ1) is 13.1. The molecule has 1 fully saturated rings. The number of piperidine rings is 1. The zero-order valence-electron chi connectivity index (χ0n) is 15.6. The van der Waals surface area contributed by atoms with Gasteiger partial charge in [0.15, 0.2) is 5.76 Å². The van der Waals surface area contributed by atoms with Gasteiger partial charge in [0.2, 0.25) is 5.91 Å². The molecule has 1 saturated heterocycles. The number of ether oxygens (including phenoxy) is 1. The van der Waals surface area contributed by atoms with E-state index >= 15 is 0 Å². The Labute approximate surface area is 158 Å². The van der Waals surface area contributed by atoms with Crippen LogP contribution in [0.4, 0.5) is 0 Å². The van der Waals surface area contributed by atoms with E-state index in [1.54, 1.807) is 30.2 Å². The normalized spacial score (nSPS) is 15.1. The largest absolute Gasteiger partial charge is 0.496 e. The number of methoxy groups -OCH3 is 1. The van der Waals surface area contributed by atoms with Crippen molar-refractivity contribution in [1.82, 2.24) is 10.2 Å². The summed E-state index contributed by atoms with van der Waals surface area (Å²) < 4.78 is 10.5. The van der Waals surface area contributed by atoms with E-state index in [-0.39, 0.29) is 17.9 Å². The molecule has 1 N–H and O–H groups in total. The number of likely N-dealkylation sites (tertiary alicyclic amines) is 1. The Morgan fingerprint density at radius 2 is 2.04 bits per heavy atom. The molecule has 0 saturated carbocycles. The van der Waals surface area contributed by atoms with Crippen molar-refractivity contribution < 1.29 is 18.7 Å². The Morgan fingerprint density at radius 1 is 1.26 bits per heavy atom. The molecule has 1 aromatic heterocycles. The molecule has 0 radical (unpaired) electrons. The zero-order valence-corrected chi connectivity index (χ0v) is 15.6. The monoisotopic (exact) mass is 368 g/mol. The molecule has 3 rings (SSSR count). The van der Waals surface area contributed by atoms with Crippen LogP contribution in [0.2, 0.25) is 0 Å². The maximum Gasteiger partial charge on any atom is 0.289 e. The highest BCUT2D eigenvalue weighted by Gasteiger charge is 2.25. The number of benzene rings is 1. The van der Waals surface area contributed by atoms with Crippen LogP contribution in [0.3, 0.4) is 0 Å². The van der Waals surface area contributed by atoms with E-state index in [1.165, 1.54) is 12.3 Å².